The Morgan fingerprint density at radius 2 is 2.18 bits per heavy atom. The van der Waals surface area contributed by atoms with Crippen molar-refractivity contribution < 1.29 is 4.74 Å². The highest BCUT2D eigenvalue weighted by atomic mass is 16.5. The predicted octanol–water partition coefficient (Wildman–Crippen LogP) is 3.18. The van der Waals surface area contributed by atoms with Crippen LogP contribution in [0.3, 0.4) is 0 Å². The lowest BCUT2D eigenvalue weighted by atomic mass is 9.87. The van der Waals surface area contributed by atoms with Crippen molar-refractivity contribution in [2.45, 2.75) is 39.5 Å². The quantitative estimate of drug-likeness (QED) is 0.904. The molecule has 1 atom stereocenters. The van der Waals surface area contributed by atoms with Crippen molar-refractivity contribution in [3.63, 3.8) is 0 Å². The van der Waals surface area contributed by atoms with Gasteiger partial charge in [-0.3, -0.25) is 4.90 Å². The number of nitrogens with one attached hydrogen (secondary N) is 1. The average molecular weight is 302 g/mol. The third-order valence-corrected chi connectivity index (χ3v) is 5.39. The molecule has 1 spiro atoms. The molecule has 1 aromatic carbocycles. The summed E-state index contributed by atoms with van der Waals surface area (Å²) in [5, 5.41) is 3.52. The summed E-state index contributed by atoms with van der Waals surface area (Å²) in [5.74, 6) is 1.59. The summed E-state index contributed by atoms with van der Waals surface area (Å²) in [7, 11) is 0. The molecule has 0 bridgehead atoms. The first-order valence-corrected chi connectivity index (χ1v) is 8.74. The smallest absolute Gasteiger partial charge is 0.119 e. The molecule has 3 nitrogen and oxygen atoms in total. The Bertz CT molecular complexity index is 506. The molecule has 2 saturated heterocycles. The van der Waals surface area contributed by atoms with Gasteiger partial charge in [0.1, 0.15) is 12.4 Å². The van der Waals surface area contributed by atoms with Gasteiger partial charge in [0.05, 0.1) is 0 Å². The van der Waals surface area contributed by atoms with E-state index in [4.69, 9.17) is 4.74 Å². The second kappa shape index (κ2) is 6.59. The largest absolute Gasteiger partial charge is 0.492 e. The van der Waals surface area contributed by atoms with Crippen LogP contribution in [0.5, 0.6) is 5.75 Å². The summed E-state index contributed by atoms with van der Waals surface area (Å²) >= 11 is 0. The van der Waals surface area contributed by atoms with Gasteiger partial charge in [-0.05, 0) is 67.4 Å². The Kier molecular flexibility index (Phi) is 4.74. The van der Waals surface area contributed by atoms with Gasteiger partial charge in [0.2, 0.25) is 0 Å². The van der Waals surface area contributed by atoms with E-state index < -0.39 is 0 Å². The summed E-state index contributed by atoms with van der Waals surface area (Å²) in [6.07, 6.45) is 2.70. The lowest BCUT2D eigenvalue weighted by Gasteiger charge is -2.22. The molecule has 2 aliphatic rings. The molecule has 0 radical (unpaired) electrons. The molecule has 1 N–H and O–H groups in total. The minimum Gasteiger partial charge on any atom is -0.492 e. The number of ether oxygens (including phenoxy) is 1. The molecular formula is C19H30N2O. The monoisotopic (exact) mass is 302 g/mol. The number of rotatable bonds is 5. The van der Waals surface area contributed by atoms with Crippen LogP contribution in [0.15, 0.2) is 18.2 Å². The molecule has 0 aliphatic carbocycles. The van der Waals surface area contributed by atoms with E-state index in [0.29, 0.717) is 11.3 Å². The minimum atomic E-state index is 0.565. The Morgan fingerprint density at radius 1 is 1.32 bits per heavy atom. The second-order valence-electron chi connectivity index (χ2n) is 7.47. The van der Waals surface area contributed by atoms with Crippen LogP contribution < -0.4 is 10.1 Å². The second-order valence-corrected chi connectivity index (χ2v) is 7.47. The fraction of sp³-hybridized carbons (Fsp3) is 0.684. The molecule has 1 aromatic rings. The van der Waals surface area contributed by atoms with Gasteiger partial charge in [-0.15, -0.1) is 0 Å². The van der Waals surface area contributed by atoms with Gasteiger partial charge in [-0.2, -0.15) is 0 Å². The van der Waals surface area contributed by atoms with Crippen LogP contribution in [0.2, 0.25) is 0 Å². The van der Waals surface area contributed by atoms with Crippen molar-refractivity contribution in [1.82, 2.24) is 10.2 Å². The molecule has 2 heterocycles. The van der Waals surface area contributed by atoms with Crippen molar-refractivity contribution >= 4 is 0 Å². The van der Waals surface area contributed by atoms with Gasteiger partial charge < -0.3 is 10.1 Å². The maximum absolute atomic E-state index is 5.98. The molecule has 3 rings (SSSR count). The fourth-order valence-corrected chi connectivity index (χ4v) is 4.04. The van der Waals surface area contributed by atoms with Crippen LogP contribution in [-0.2, 0) is 0 Å². The van der Waals surface area contributed by atoms with E-state index in [1.807, 2.05) is 0 Å². The summed E-state index contributed by atoms with van der Waals surface area (Å²) in [6, 6.07) is 6.51. The molecule has 0 saturated carbocycles. The van der Waals surface area contributed by atoms with Gasteiger partial charge in [0.25, 0.3) is 0 Å². The standard InChI is InChI=1S/C19H30N2O/c1-15(2)18-5-4-17(12-16(18)3)22-11-10-21-9-7-19(14-21)6-8-20-13-19/h4-5,12,15,20H,6-11,13-14H2,1-3H3. The van der Waals surface area contributed by atoms with Crippen LogP contribution in [-0.4, -0.2) is 44.2 Å². The third-order valence-electron chi connectivity index (χ3n) is 5.39. The summed E-state index contributed by atoms with van der Waals surface area (Å²) < 4.78 is 5.98. The molecule has 0 aromatic heterocycles. The van der Waals surface area contributed by atoms with Gasteiger partial charge in [0, 0.05) is 19.6 Å². The van der Waals surface area contributed by atoms with Crippen LogP contribution in [0, 0.1) is 12.3 Å². The highest BCUT2D eigenvalue weighted by molar-refractivity contribution is 5.36. The van der Waals surface area contributed by atoms with Crippen molar-refractivity contribution in [3.8, 4) is 5.75 Å². The van der Waals surface area contributed by atoms with Crippen LogP contribution >= 0.6 is 0 Å². The summed E-state index contributed by atoms with van der Waals surface area (Å²) in [6.45, 7) is 13.4. The molecule has 2 aliphatic heterocycles. The number of hydrogen-bond acceptors (Lipinski definition) is 3. The van der Waals surface area contributed by atoms with Crippen LogP contribution in [0.25, 0.3) is 0 Å². The Labute approximate surface area is 135 Å². The van der Waals surface area contributed by atoms with Crippen molar-refractivity contribution in [2.24, 2.45) is 5.41 Å². The van der Waals surface area contributed by atoms with Crippen LogP contribution in [0.1, 0.15) is 43.7 Å². The normalized spacial score (nSPS) is 25.5. The number of likely N-dealkylation sites (tertiary alicyclic amines) is 1. The van der Waals surface area contributed by atoms with Crippen molar-refractivity contribution in [1.29, 1.82) is 0 Å². The summed E-state index contributed by atoms with van der Waals surface area (Å²) in [5.41, 5.74) is 3.32. The first kappa shape index (κ1) is 15.8. The topological polar surface area (TPSA) is 24.5 Å². The van der Waals surface area contributed by atoms with Crippen molar-refractivity contribution in [3.05, 3.63) is 29.3 Å². The van der Waals surface area contributed by atoms with E-state index >= 15 is 0 Å². The highest BCUT2D eigenvalue weighted by Crippen LogP contribution is 2.35. The molecular weight excluding hydrogens is 272 g/mol. The molecule has 3 heteroatoms. The summed E-state index contributed by atoms with van der Waals surface area (Å²) in [4.78, 5) is 2.57. The van der Waals surface area contributed by atoms with Gasteiger partial charge >= 0.3 is 0 Å². The predicted molar refractivity (Wildman–Crippen MR) is 91.7 cm³/mol. The van der Waals surface area contributed by atoms with E-state index in [1.165, 1.54) is 50.1 Å². The maximum Gasteiger partial charge on any atom is 0.119 e. The van der Waals surface area contributed by atoms with Gasteiger partial charge in [-0.25, -0.2) is 0 Å². The minimum absolute atomic E-state index is 0.565. The maximum atomic E-state index is 5.98. The molecule has 2 fully saturated rings. The van der Waals surface area contributed by atoms with E-state index in [2.05, 4.69) is 49.2 Å². The third kappa shape index (κ3) is 3.47. The first-order chi connectivity index (χ1) is 10.6. The first-order valence-electron chi connectivity index (χ1n) is 8.74. The Balaban J connectivity index is 1.46. The van der Waals surface area contributed by atoms with Crippen LogP contribution in [0.4, 0.5) is 0 Å². The zero-order valence-electron chi connectivity index (χ0n) is 14.3. The Hall–Kier alpha value is -1.06. The number of aryl methyl sites for hydroxylation is 1. The number of benzene rings is 1. The number of hydrogen-bond donors (Lipinski definition) is 1. The molecule has 122 valence electrons. The lowest BCUT2D eigenvalue weighted by molar-refractivity contribution is 0.217. The van der Waals surface area contributed by atoms with Gasteiger partial charge in [-0.1, -0.05) is 19.9 Å². The number of nitrogens with zero attached hydrogens (tertiary/aromatic N) is 1. The molecule has 0 amide bonds. The molecule has 1 unspecified atom stereocenters. The zero-order chi connectivity index (χ0) is 15.6. The Morgan fingerprint density at radius 3 is 2.86 bits per heavy atom. The SMILES string of the molecule is Cc1cc(OCCN2CCC3(CCNC3)C2)ccc1C(C)C. The van der Waals surface area contributed by atoms with E-state index in [1.54, 1.807) is 0 Å². The lowest BCUT2D eigenvalue weighted by Crippen LogP contribution is -2.31. The van der Waals surface area contributed by atoms with E-state index in [0.717, 1.165) is 18.9 Å². The van der Waals surface area contributed by atoms with E-state index in [-0.39, 0.29) is 0 Å². The zero-order valence-corrected chi connectivity index (χ0v) is 14.3. The van der Waals surface area contributed by atoms with Crippen molar-refractivity contribution in [2.75, 3.05) is 39.3 Å². The average Bonchev–Trinajstić information content (AvgIpc) is 3.09. The highest BCUT2D eigenvalue weighted by Gasteiger charge is 2.39. The molecule has 22 heavy (non-hydrogen) atoms. The van der Waals surface area contributed by atoms with E-state index in [9.17, 15) is 0 Å². The van der Waals surface area contributed by atoms with Gasteiger partial charge in [0.15, 0.2) is 0 Å². The fourth-order valence-electron chi connectivity index (χ4n) is 4.04.